The zero-order chi connectivity index (χ0) is 49.8. The Morgan fingerprint density at radius 1 is 0.297 bits per heavy atom. The highest BCUT2D eigenvalue weighted by Crippen LogP contribution is 2.47. The maximum Gasteiger partial charge on any atom is 0.164 e. The lowest BCUT2D eigenvalue weighted by atomic mass is 9.59. The Labute approximate surface area is 437 Å². The number of aromatic nitrogens is 5. The molecule has 14 aromatic rings. The molecule has 0 aliphatic rings. The topological polar surface area (TPSA) is 48.5 Å². The number of nitrogens with zero attached hydrogens (tertiary/aromatic N) is 5. The van der Waals surface area contributed by atoms with E-state index in [0.717, 1.165) is 97.8 Å². The molecule has 0 N–H and O–H groups in total. The first-order valence-corrected chi connectivity index (χ1v) is 25.1. The van der Waals surface area contributed by atoms with Crippen molar-refractivity contribution in [3.8, 4) is 67.8 Å². The Hall–Kier alpha value is -8.65. The predicted octanol–water partition coefficient (Wildman–Crippen LogP) is 10.7. The first kappa shape index (κ1) is 44.1. The van der Waals surface area contributed by atoms with Gasteiger partial charge in [0.05, 0.1) is 22.1 Å². The number of fused-ring (bicyclic) bond motifs is 9. The molecule has 0 saturated heterocycles. The lowest BCUT2D eigenvalue weighted by Crippen LogP contribution is -2.55. The van der Waals surface area contributed by atoms with Gasteiger partial charge in [-0.2, -0.15) is 0 Å². The van der Waals surface area contributed by atoms with E-state index in [2.05, 4.69) is 143 Å². The van der Waals surface area contributed by atoms with Gasteiger partial charge in [-0.25, -0.2) is 15.0 Å². The van der Waals surface area contributed by atoms with E-state index in [1.165, 1.54) is 10.8 Å². The van der Waals surface area contributed by atoms with Crippen molar-refractivity contribution in [3.05, 3.63) is 206 Å². The fourth-order valence-corrected chi connectivity index (χ4v) is 12.2. The normalized spacial score (nSPS) is 11.8. The molecule has 11 heteroatoms. The van der Waals surface area contributed by atoms with Crippen molar-refractivity contribution >= 4 is 142 Å². The summed E-state index contributed by atoms with van der Waals surface area (Å²) in [6.07, 6.45) is 0. The summed E-state index contributed by atoms with van der Waals surface area (Å²) in [6, 6.07) is 72.2. The highest BCUT2D eigenvalue weighted by atomic mass is 32.1. The largest absolute Gasteiger partial charge is 0.309 e. The van der Waals surface area contributed by atoms with Gasteiger partial charge in [0, 0.05) is 75.3 Å². The number of hydrogen-bond donors (Lipinski definition) is 0. The summed E-state index contributed by atoms with van der Waals surface area (Å²) in [7, 11) is 32.9. The Kier molecular flexibility index (Phi) is 10.3. The van der Waals surface area contributed by atoms with Gasteiger partial charge in [-0.3, -0.25) is 0 Å². The van der Waals surface area contributed by atoms with Crippen molar-refractivity contribution in [3.63, 3.8) is 0 Å². The van der Waals surface area contributed by atoms with Crippen LogP contribution in [0.2, 0.25) is 0 Å². The maximum atomic E-state index is 6.78. The molecular formula is C63H34B5N5S. The number of hydrogen-bond acceptors (Lipinski definition) is 4. The van der Waals surface area contributed by atoms with E-state index in [0.29, 0.717) is 34.0 Å². The molecule has 0 saturated carbocycles. The van der Waals surface area contributed by atoms with Gasteiger partial charge in [-0.1, -0.05) is 169 Å². The highest BCUT2D eigenvalue weighted by molar-refractivity contribution is 7.27. The van der Waals surface area contributed by atoms with E-state index in [9.17, 15) is 0 Å². The Morgan fingerprint density at radius 3 is 1.35 bits per heavy atom. The van der Waals surface area contributed by atoms with Gasteiger partial charge in [0.25, 0.3) is 0 Å². The second-order valence-corrected chi connectivity index (χ2v) is 19.7. The number of thiophene rings is 1. The molecule has 0 aliphatic carbocycles. The molecule has 0 bridgehead atoms. The molecule has 5 nitrogen and oxygen atoms in total. The number of benzene rings is 10. The molecule has 4 aromatic heterocycles. The van der Waals surface area contributed by atoms with E-state index in [-0.39, 0.29) is 16.4 Å². The molecule has 10 radical (unpaired) electrons. The van der Waals surface area contributed by atoms with Gasteiger partial charge >= 0.3 is 0 Å². The van der Waals surface area contributed by atoms with Gasteiger partial charge in [-0.15, -0.1) is 27.7 Å². The van der Waals surface area contributed by atoms with Crippen LogP contribution in [-0.4, -0.2) is 63.3 Å². The van der Waals surface area contributed by atoms with Crippen LogP contribution in [0.1, 0.15) is 0 Å². The standard InChI is InChI=1S/C63H34B5N5S/c64-54-53(55(65)57(67)58(68)56(54)66)46-25-14-24-45-48-34-40(73-50-27-11-7-21-41(50)42-22-8-12-28-51(42)73)33-47(60(48)74-59(45)46)37-29-30-44-43-23-9-10-26-49(43)72(52(44)32-37)39-20-13-19-38(31-39)63-70-61(35-15-3-1-4-16-35)69-62(71-63)36-17-5-2-6-18-36/h1-34H. The Morgan fingerprint density at radius 2 is 0.757 bits per heavy atom. The average Bonchev–Trinajstić information content (AvgIpc) is 4.17. The fraction of sp³-hybridized carbons (Fsp3) is 0. The molecule has 0 spiro atoms. The van der Waals surface area contributed by atoms with Crippen molar-refractivity contribution in [2.45, 2.75) is 0 Å². The van der Waals surface area contributed by atoms with Crippen molar-refractivity contribution < 1.29 is 0 Å². The molecule has 4 heterocycles. The third kappa shape index (κ3) is 6.87. The summed E-state index contributed by atoms with van der Waals surface area (Å²) in [5.41, 5.74) is 13.8. The van der Waals surface area contributed by atoms with Crippen molar-refractivity contribution in [2.24, 2.45) is 0 Å². The molecule has 0 unspecified atom stereocenters. The third-order valence-corrected chi connectivity index (χ3v) is 15.7. The second kappa shape index (κ2) is 17.3. The maximum absolute atomic E-state index is 6.78. The van der Waals surface area contributed by atoms with Crippen LogP contribution in [0.4, 0.5) is 0 Å². The van der Waals surface area contributed by atoms with Crippen molar-refractivity contribution in [1.29, 1.82) is 0 Å². The minimum Gasteiger partial charge on any atom is -0.309 e. The minimum absolute atomic E-state index is 0.185. The molecule has 74 heavy (non-hydrogen) atoms. The number of para-hydroxylation sites is 3. The van der Waals surface area contributed by atoms with E-state index in [1.54, 1.807) is 11.3 Å². The molecule has 14 rings (SSSR count). The summed E-state index contributed by atoms with van der Waals surface area (Å²) >= 11 is 1.70. The first-order chi connectivity index (χ1) is 36.3. The quantitative estimate of drug-likeness (QED) is 0.150. The molecule has 0 fully saturated rings. The summed E-state index contributed by atoms with van der Waals surface area (Å²) in [5.74, 6) is 1.80. The van der Waals surface area contributed by atoms with Gasteiger partial charge in [0.2, 0.25) is 0 Å². The first-order valence-electron chi connectivity index (χ1n) is 24.3. The summed E-state index contributed by atoms with van der Waals surface area (Å²) < 4.78 is 6.84. The number of rotatable bonds is 7. The molecule has 10 aromatic carbocycles. The van der Waals surface area contributed by atoms with Crippen LogP contribution in [0.3, 0.4) is 0 Å². The molecular weight excluding hydrogens is 913 g/mol. The summed E-state index contributed by atoms with van der Waals surface area (Å²) in [5, 5.41) is 6.78. The predicted molar refractivity (Wildman–Crippen MR) is 316 cm³/mol. The van der Waals surface area contributed by atoms with Gasteiger partial charge in [0.15, 0.2) is 17.5 Å². The Bertz CT molecular complexity index is 4480. The zero-order valence-electron chi connectivity index (χ0n) is 39.7. The van der Waals surface area contributed by atoms with Crippen LogP contribution in [-0.2, 0) is 0 Å². The monoisotopic (exact) mass is 947 g/mol. The van der Waals surface area contributed by atoms with E-state index < -0.39 is 0 Å². The SMILES string of the molecule is [B]c1c([B])c([B])c(-c2cccc3c2sc2c(-c4ccc5c6ccccc6n(-c6cccc(-c7nc(-c8ccccc8)nc(-c8ccccc8)n7)c6)c5c4)cc(-n4c5ccccc5c5ccccc54)cc23)c([B])c1[B]. The van der Waals surface area contributed by atoms with Crippen molar-refractivity contribution in [1.82, 2.24) is 24.1 Å². The fourth-order valence-electron chi connectivity index (χ4n) is 10.9. The lowest BCUT2D eigenvalue weighted by molar-refractivity contribution is 1.07. The summed E-state index contributed by atoms with van der Waals surface area (Å²) in [6.45, 7) is 0. The van der Waals surface area contributed by atoms with Crippen molar-refractivity contribution in [2.75, 3.05) is 0 Å². The van der Waals surface area contributed by atoms with Crippen LogP contribution in [0.25, 0.3) is 132 Å². The molecule has 0 atom stereocenters. The van der Waals surface area contributed by atoms with Gasteiger partial charge in [0.1, 0.15) is 39.2 Å². The zero-order valence-corrected chi connectivity index (χ0v) is 40.5. The highest BCUT2D eigenvalue weighted by Gasteiger charge is 2.23. The second-order valence-electron chi connectivity index (χ2n) is 18.6. The molecule has 0 amide bonds. The lowest BCUT2D eigenvalue weighted by Gasteiger charge is -2.21. The smallest absolute Gasteiger partial charge is 0.164 e. The average molecular weight is 947 g/mol. The van der Waals surface area contributed by atoms with Crippen LogP contribution >= 0.6 is 11.3 Å². The molecule has 0 aliphatic heterocycles. The van der Waals surface area contributed by atoms with E-state index >= 15 is 0 Å². The van der Waals surface area contributed by atoms with Gasteiger partial charge < -0.3 is 9.13 Å². The van der Waals surface area contributed by atoms with Crippen LogP contribution in [0, 0.1) is 0 Å². The minimum atomic E-state index is 0.185. The van der Waals surface area contributed by atoms with Gasteiger partial charge in [-0.05, 0) is 65.2 Å². The van der Waals surface area contributed by atoms with E-state index in [4.69, 9.17) is 54.2 Å². The van der Waals surface area contributed by atoms with Crippen LogP contribution < -0.4 is 27.3 Å². The van der Waals surface area contributed by atoms with Crippen LogP contribution in [0.15, 0.2) is 206 Å². The third-order valence-electron chi connectivity index (χ3n) is 14.4. The summed E-state index contributed by atoms with van der Waals surface area (Å²) in [4.78, 5) is 15.2. The van der Waals surface area contributed by atoms with Crippen LogP contribution in [0.5, 0.6) is 0 Å². The molecule has 332 valence electrons. The Balaban J connectivity index is 1.02. The van der Waals surface area contributed by atoms with E-state index in [1.807, 2.05) is 72.8 Å².